The summed E-state index contributed by atoms with van der Waals surface area (Å²) in [6.07, 6.45) is 5.51. The zero-order chi connectivity index (χ0) is 23.0. The molecule has 1 aromatic carbocycles. The number of carbonyl (C=O) groups excluding carboxylic acids is 2. The van der Waals surface area contributed by atoms with E-state index in [9.17, 15) is 9.59 Å². The lowest BCUT2D eigenvalue weighted by atomic mass is 10.1. The predicted octanol–water partition coefficient (Wildman–Crippen LogP) is 5.56. The second-order valence-electron chi connectivity index (χ2n) is 8.70. The molecular formula is C23H23Cl2NO4S2. The van der Waals surface area contributed by atoms with Crippen molar-refractivity contribution in [1.29, 1.82) is 0 Å². The van der Waals surface area contributed by atoms with Crippen LogP contribution in [0.3, 0.4) is 0 Å². The third-order valence-corrected chi connectivity index (χ3v) is 7.78. The number of allylic oxidation sites excluding steroid dienone is 1. The molecule has 0 bridgehead atoms. The van der Waals surface area contributed by atoms with Gasteiger partial charge in [-0.3, -0.25) is 14.5 Å². The van der Waals surface area contributed by atoms with E-state index in [-0.39, 0.29) is 39.7 Å². The number of ether oxygens (including phenoxy) is 2. The van der Waals surface area contributed by atoms with Crippen molar-refractivity contribution in [2.45, 2.75) is 32.8 Å². The summed E-state index contributed by atoms with van der Waals surface area (Å²) in [6.45, 7) is 5.20. The first-order chi connectivity index (χ1) is 15.2. The van der Waals surface area contributed by atoms with Gasteiger partial charge in [-0.1, -0.05) is 73.2 Å². The number of rotatable bonds is 6. The molecular weight excluding hydrogens is 489 g/mol. The lowest BCUT2D eigenvalue weighted by Gasteiger charge is -2.18. The molecule has 0 N–H and O–H groups in total. The van der Waals surface area contributed by atoms with Crippen LogP contribution in [0.4, 0.5) is 0 Å². The number of amides is 1. The molecule has 2 heterocycles. The molecule has 0 radical (unpaired) electrons. The van der Waals surface area contributed by atoms with Crippen molar-refractivity contribution in [1.82, 2.24) is 4.90 Å². The molecule has 0 aromatic heterocycles. The number of hydrogen-bond acceptors (Lipinski definition) is 6. The van der Waals surface area contributed by atoms with Crippen LogP contribution in [-0.4, -0.2) is 40.4 Å². The summed E-state index contributed by atoms with van der Waals surface area (Å²) in [5.74, 6) is -0.302. The van der Waals surface area contributed by atoms with E-state index in [1.807, 2.05) is 13.8 Å². The topological polar surface area (TPSA) is 55.8 Å². The first-order valence-electron chi connectivity index (χ1n) is 10.4. The summed E-state index contributed by atoms with van der Waals surface area (Å²) >= 11 is 18.2. The van der Waals surface area contributed by atoms with Gasteiger partial charge in [-0.05, 0) is 54.0 Å². The van der Waals surface area contributed by atoms with Crippen molar-refractivity contribution in [2.24, 2.45) is 17.3 Å². The molecule has 1 amide bonds. The number of hydrogen-bond donors (Lipinski definition) is 0. The normalized spacial score (nSPS) is 27.7. The summed E-state index contributed by atoms with van der Waals surface area (Å²) < 4.78 is 11.9. The number of thioether (sulfide) groups is 1. The average molecular weight is 512 g/mol. The van der Waals surface area contributed by atoms with Crippen molar-refractivity contribution in [3.63, 3.8) is 0 Å². The average Bonchev–Trinajstić information content (AvgIpc) is 3.07. The van der Waals surface area contributed by atoms with E-state index < -0.39 is 0 Å². The van der Waals surface area contributed by atoms with Gasteiger partial charge in [-0.2, -0.15) is 0 Å². The summed E-state index contributed by atoms with van der Waals surface area (Å²) in [5, 5.41) is 0. The van der Waals surface area contributed by atoms with Crippen LogP contribution in [0.15, 0.2) is 39.7 Å². The Balaban J connectivity index is 1.38. The first kappa shape index (κ1) is 23.8. The first-order valence-corrected chi connectivity index (χ1v) is 12.4. The van der Waals surface area contributed by atoms with E-state index >= 15 is 0 Å². The largest absolute Gasteiger partial charge is 0.426 e. The highest BCUT2D eigenvalue weighted by Gasteiger charge is 2.61. The Bertz CT molecular complexity index is 996. The molecule has 2 aliphatic heterocycles. The standard InChI is InChI=1S/C23H23Cl2NO4S2/c1-23(2)16(11-18(24)25)19(23)21(28)30-14-7-5-13(6-8-14)10-17-20(27)26(22(31)32-17)12-15-4-3-9-29-15/h5-8,10-11,15-16,19H,3-4,9,12H2,1-2H3. The summed E-state index contributed by atoms with van der Waals surface area (Å²) in [7, 11) is 0. The van der Waals surface area contributed by atoms with Gasteiger partial charge in [-0.25, -0.2) is 0 Å². The van der Waals surface area contributed by atoms with Crippen LogP contribution in [0.5, 0.6) is 5.75 Å². The van der Waals surface area contributed by atoms with Gasteiger partial charge in [0.2, 0.25) is 0 Å². The zero-order valence-electron chi connectivity index (χ0n) is 17.7. The minimum atomic E-state index is -0.311. The lowest BCUT2D eigenvalue weighted by molar-refractivity contribution is -0.136. The quantitative estimate of drug-likeness (QED) is 0.215. The number of thiocarbonyl (C=S) groups is 1. The monoisotopic (exact) mass is 511 g/mol. The Morgan fingerprint density at radius 2 is 2.06 bits per heavy atom. The second-order valence-corrected chi connectivity index (χ2v) is 11.4. The maximum absolute atomic E-state index is 12.8. The Kier molecular flexibility index (Phi) is 7.03. The van der Waals surface area contributed by atoms with E-state index in [1.54, 1.807) is 41.3 Å². The van der Waals surface area contributed by atoms with Crippen LogP contribution >= 0.6 is 47.2 Å². The number of esters is 1. The number of halogens is 2. The van der Waals surface area contributed by atoms with Gasteiger partial charge in [0, 0.05) is 6.61 Å². The molecule has 3 fully saturated rings. The third kappa shape index (κ3) is 5.07. The SMILES string of the molecule is CC1(C)C(C=C(Cl)Cl)C1C(=O)Oc1ccc(C=C2SC(=S)N(CC3CCCO3)C2=O)cc1. The highest BCUT2D eigenvalue weighted by atomic mass is 35.5. The summed E-state index contributed by atoms with van der Waals surface area (Å²) in [5.41, 5.74) is 0.577. The van der Waals surface area contributed by atoms with Crippen molar-refractivity contribution >= 4 is 69.5 Å². The maximum Gasteiger partial charge on any atom is 0.315 e. The molecule has 4 rings (SSSR count). The molecule has 5 nitrogen and oxygen atoms in total. The third-order valence-electron chi connectivity index (χ3n) is 6.15. The summed E-state index contributed by atoms with van der Waals surface area (Å²) in [6, 6.07) is 7.04. The molecule has 1 saturated carbocycles. The smallest absolute Gasteiger partial charge is 0.315 e. The molecule has 2 saturated heterocycles. The van der Waals surface area contributed by atoms with Gasteiger partial charge in [0.1, 0.15) is 14.6 Å². The zero-order valence-corrected chi connectivity index (χ0v) is 20.8. The van der Waals surface area contributed by atoms with Crippen molar-refractivity contribution in [3.8, 4) is 5.75 Å². The van der Waals surface area contributed by atoms with E-state index in [4.69, 9.17) is 44.9 Å². The van der Waals surface area contributed by atoms with E-state index in [0.717, 1.165) is 25.0 Å². The van der Waals surface area contributed by atoms with Gasteiger partial charge < -0.3 is 9.47 Å². The Hall–Kier alpha value is -1.38. The van der Waals surface area contributed by atoms with Crippen molar-refractivity contribution in [2.75, 3.05) is 13.2 Å². The van der Waals surface area contributed by atoms with Crippen molar-refractivity contribution < 1.29 is 19.1 Å². The fraction of sp³-hybridized carbons (Fsp3) is 0.435. The van der Waals surface area contributed by atoms with E-state index in [2.05, 4.69) is 0 Å². The Morgan fingerprint density at radius 3 is 2.69 bits per heavy atom. The molecule has 9 heteroatoms. The van der Waals surface area contributed by atoms with E-state index in [1.165, 1.54) is 11.8 Å². The van der Waals surface area contributed by atoms with E-state index in [0.29, 0.717) is 21.5 Å². The fourth-order valence-corrected chi connectivity index (χ4v) is 5.73. The predicted molar refractivity (Wildman–Crippen MR) is 131 cm³/mol. The van der Waals surface area contributed by atoms with Gasteiger partial charge in [0.15, 0.2) is 0 Å². The van der Waals surface area contributed by atoms with Gasteiger partial charge in [-0.15, -0.1) is 0 Å². The molecule has 170 valence electrons. The number of nitrogens with zero attached hydrogens (tertiary/aromatic N) is 1. The minimum absolute atomic E-state index is 0.0455. The van der Waals surface area contributed by atoms with Crippen molar-refractivity contribution in [3.05, 3.63) is 45.3 Å². The Labute approximate surface area is 207 Å². The highest BCUT2D eigenvalue weighted by Crippen LogP contribution is 2.60. The molecule has 3 aliphatic rings. The maximum atomic E-state index is 12.8. The van der Waals surface area contributed by atoms with Gasteiger partial charge in [0.05, 0.1) is 23.5 Å². The molecule has 1 aromatic rings. The van der Waals surface area contributed by atoms with Crippen LogP contribution in [0.1, 0.15) is 32.3 Å². The highest BCUT2D eigenvalue weighted by molar-refractivity contribution is 8.26. The fourth-order valence-electron chi connectivity index (χ4n) is 4.19. The number of benzene rings is 1. The lowest BCUT2D eigenvalue weighted by Crippen LogP contribution is -2.35. The van der Waals surface area contributed by atoms with Crippen LogP contribution in [0.25, 0.3) is 6.08 Å². The molecule has 3 unspecified atom stereocenters. The second kappa shape index (κ2) is 9.47. The van der Waals surface area contributed by atoms with Gasteiger partial charge in [0.25, 0.3) is 5.91 Å². The molecule has 0 spiro atoms. The van der Waals surface area contributed by atoms with Crippen LogP contribution in [0, 0.1) is 17.3 Å². The van der Waals surface area contributed by atoms with Crippen LogP contribution in [-0.2, 0) is 14.3 Å². The van der Waals surface area contributed by atoms with Crippen LogP contribution < -0.4 is 4.74 Å². The Morgan fingerprint density at radius 1 is 1.34 bits per heavy atom. The van der Waals surface area contributed by atoms with Gasteiger partial charge >= 0.3 is 5.97 Å². The minimum Gasteiger partial charge on any atom is -0.426 e. The molecule has 32 heavy (non-hydrogen) atoms. The number of carbonyl (C=O) groups is 2. The molecule has 3 atom stereocenters. The molecule has 1 aliphatic carbocycles. The van der Waals surface area contributed by atoms with Crippen LogP contribution in [0.2, 0.25) is 0 Å². The summed E-state index contributed by atoms with van der Waals surface area (Å²) in [4.78, 5) is 27.5.